The van der Waals surface area contributed by atoms with Crippen LogP contribution in [0.25, 0.3) is 0 Å². The average molecular weight is 252 g/mol. The third-order valence-electron chi connectivity index (χ3n) is 3.31. The molecule has 2 rings (SSSR count). The summed E-state index contributed by atoms with van der Waals surface area (Å²) in [6.45, 7) is 2.59. The number of aromatic nitrogens is 2. The first kappa shape index (κ1) is 13.1. The zero-order valence-electron chi connectivity index (χ0n) is 11.0. The number of hydrogen-bond donors (Lipinski definition) is 0. The standard InChI is InChI=1S/C13H20N2O3/c1-3-17-13(16)11-8-14-15(2)12(11)9-18-10-6-4-5-7-10/h8,10H,3-7,9H2,1-2H3. The monoisotopic (exact) mass is 252 g/mol. The Labute approximate surface area is 107 Å². The number of carbonyl (C=O) groups excluding carboxylic acids is 1. The predicted molar refractivity (Wildman–Crippen MR) is 66.2 cm³/mol. The van der Waals surface area contributed by atoms with Gasteiger partial charge in [0.25, 0.3) is 0 Å². The molecule has 1 aromatic rings. The van der Waals surface area contributed by atoms with Crippen molar-refractivity contribution in [1.82, 2.24) is 9.78 Å². The Morgan fingerprint density at radius 2 is 2.22 bits per heavy atom. The van der Waals surface area contributed by atoms with Gasteiger partial charge in [-0.25, -0.2) is 4.79 Å². The summed E-state index contributed by atoms with van der Waals surface area (Å²) in [6.07, 6.45) is 6.58. The van der Waals surface area contributed by atoms with Crippen LogP contribution in [0.5, 0.6) is 0 Å². The molecule has 1 aromatic heterocycles. The molecule has 0 bridgehead atoms. The molecule has 0 amide bonds. The van der Waals surface area contributed by atoms with E-state index in [2.05, 4.69) is 5.10 Å². The van der Waals surface area contributed by atoms with Gasteiger partial charge in [-0.3, -0.25) is 4.68 Å². The highest BCUT2D eigenvalue weighted by atomic mass is 16.5. The van der Waals surface area contributed by atoms with Gasteiger partial charge in [-0.1, -0.05) is 12.8 Å². The average Bonchev–Trinajstić information content (AvgIpc) is 2.96. The fraction of sp³-hybridized carbons (Fsp3) is 0.692. The minimum atomic E-state index is -0.323. The first-order valence-electron chi connectivity index (χ1n) is 6.52. The van der Waals surface area contributed by atoms with Gasteiger partial charge in [0.05, 0.1) is 31.2 Å². The molecule has 0 unspecified atom stereocenters. The lowest BCUT2D eigenvalue weighted by atomic mass is 10.2. The van der Waals surface area contributed by atoms with Gasteiger partial charge in [-0.05, 0) is 19.8 Å². The molecule has 0 radical (unpaired) electrons. The van der Waals surface area contributed by atoms with Gasteiger partial charge in [-0.2, -0.15) is 5.10 Å². The van der Waals surface area contributed by atoms with Crippen molar-refractivity contribution in [2.45, 2.75) is 45.3 Å². The Balaban J connectivity index is 2.01. The van der Waals surface area contributed by atoms with Crippen molar-refractivity contribution in [2.75, 3.05) is 6.61 Å². The Bertz CT molecular complexity index is 408. The zero-order valence-corrected chi connectivity index (χ0v) is 11.0. The normalized spacial score (nSPS) is 16.1. The highest BCUT2D eigenvalue weighted by Crippen LogP contribution is 2.22. The number of nitrogens with zero attached hydrogens (tertiary/aromatic N) is 2. The lowest BCUT2D eigenvalue weighted by molar-refractivity contribution is 0.0387. The van der Waals surface area contributed by atoms with Crippen LogP contribution in [0.1, 0.15) is 48.7 Å². The van der Waals surface area contributed by atoms with Crippen LogP contribution in [0.3, 0.4) is 0 Å². The fourth-order valence-corrected chi connectivity index (χ4v) is 2.27. The summed E-state index contributed by atoms with van der Waals surface area (Å²) >= 11 is 0. The van der Waals surface area contributed by atoms with Crippen molar-refractivity contribution in [2.24, 2.45) is 7.05 Å². The molecule has 0 atom stereocenters. The van der Waals surface area contributed by atoms with Gasteiger partial charge in [0.2, 0.25) is 0 Å². The summed E-state index contributed by atoms with van der Waals surface area (Å²) < 4.78 is 12.5. The lowest BCUT2D eigenvalue weighted by Crippen LogP contribution is -2.13. The molecule has 100 valence electrons. The summed E-state index contributed by atoms with van der Waals surface area (Å²) in [4.78, 5) is 11.7. The lowest BCUT2D eigenvalue weighted by Gasteiger charge is -2.12. The Kier molecular flexibility index (Phi) is 4.36. The number of carbonyl (C=O) groups is 1. The van der Waals surface area contributed by atoms with E-state index in [0.717, 1.165) is 18.5 Å². The molecule has 0 spiro atoms. The largest absolute Gasteiger partial charge is 0.462 e. The number of aryl methyl sites for hydroxylation is 1. The maximum atomic E-state index is 11.7. The molecule has 1 fully saturated rings. The van der Waals surface area contributed by atoms with Crippen LogP contribution in [0, 0.1) is 0 Å². The molecule has 5 nitrogen and oxygen atoms in total. The molecular formula is C13H20N2O3. The summed E-state index contributed by atoms with van der Waals surface area (Å²) in [7, 11) is 1.82. The van der Waals surface area contributed by atoms with Gasteiger partial charge in [0.15, 0.2) is 0 Å². The van der Waals surface area contributed by atoms with Gasteiger partial charge in [0, 0.05) is 7.05 Å². The summed E-state index contributed by atoms with van der Waals surface area (Å²) in [5, 5.41) is 4.10. The van der Waals surface area contributed by atoms with E-state index < -0.39 is 0 Å². The fourth-order valence-electron chi connectivity index (χ4n) is 2.27. The minimum Gasteiger partial charge on any atom is -0.462 e. The van der Waals surface area contributed by atoms with E-state index in [4.69, 9.17) is 9.47 Å². The van der Waals surface area contributed by atoms with Crippen molar-refractivity contribution >= 4 is 5.97 Å². The molecule has 1 heterocycles. The second-order valence-corrected chi connectivity index (χ2v) is 4.57. The van der Waals surface area contributed by atoms with E-state index in [1.807, 2.05) is 7.05 Å². The Morgan fingerprint density at radius 1 is 1.50 bits per heavy atom. The molecule has 1 aliphatic rings. The molecule has 1 aliphatic carbocycles. The molecule has 0 aliphatic heterocycles. The summed E-state index contributed by atoms with van der Waals surface area (Å²) in [6, 6.07) is 0. The zero-order chi connectivity index (χ0) is 13.0. The van der Waals surface area contributed by atoms with Crippen LogP contribution in [0.15, 0.2) is 6.20 Å². The van der Waals surface area contributed by atoms with Gasteiger partial charge >= 0.3 is 5.97 Å². The maximum absolute atomic E-state index is 11.7. The third kappa shape index (κ3) is 2.90. The molecule has 0 saturated heterocycles. The topological polar surface area (TPSA) is 53.3 Å². The van der Waals surface area contributed by atoms with E-state index in [1.54, 1.807) is 17.8 Å². The number of ether oxygens (including phenoxy) is 2. The van der Waals surface area contributed by atoms with E-state index >= 15 is 0 Å². The molecule has 18 heavy (non-hydrogen) atoms. The van der Waals surface area contributed by atoms with Crippen molar-refractivity contribution in [3.05, 3.63) is 17.5 Å². The van der Waals surface area contributed by atoms with Crippen LogP contribution in [0.2, 0.25) is 0 Å². The predicted octanol–water partition coefficient (Wildman–Crippen LogP) is 2.06. The van der Waals surface area contributed by atoms with Gasteiger partial charge in [-0.15, -0.1) is 0 Å². The highest BCUT2D eigenvalue weighted by molar-refractivity contribution is 5.90. The van der Waals surface area contributed by atoms with E-state index in [-0.39, 0.29) is 5.97 Å². The second-order valence-electron chi connectivity index (χ2n) is 4.57. The molecule has 0 aromatic carbocycles. The molecule has 5 heteroatoms. The number of rotatable bonds is 5. The van der Waals surface area contributed by atoms with Crippen molar-refractivity contribution in [1.29, 1.82) is 0 Å². The molecule has 1 saturated carbocycles. The van der Waals surface area contributed by atoms with Crippen LogP contribution in [-0.4, -0.2) is 28.5 Å². The summed E-state index contributed by atoms with van der Waals surface area (Å²) in [5.74, 6) is -0.323. The van der Waals surface area contributed by atoms with Gasteiger partial charge < -0.3 is 9.47 Å². The van der Waals surface area contributed by atoms with Crippen molar-refractivity contribution in [3.8, 4) is 0 Å². The smallest absolute Gasteiger partial charge is 0.341 e. The Hall–Kier alpha value is -1.36. The minimum absolute atomic E-state index is 0.323. The highest BCUT2D eigenvalue weighted by Gasteiger charge is 2.20. The first-order chi connectivity index (χ1) is 8.72. The van der Waals surface area contributed by atoms with Crippen LogP contribution in [0.4, 0.5) is 0 Å². The SMILES string of the molecule is CCOC(=O)c1cnn(C)c1COC1CCCC1. The van der Waals surface area contributed by atoms with E-state index in [9.17, 15) is 4.79 Å². The Morgan fingerprint density at radius 3 is 2.89 bits per heavy atom. The van der Waals surface area contributed by atoms with E-state index in [0.29, 0.717) is 24.9 Å². The molecular weight excluding hydrogens is 232 g/mol. The second kappa shape index (κ2) is 6.00. The maximum Gasteiger partial charge on any atom is 0.341 e. The number of hydrogen-bond acceptors (Lipinski definition) is 4. The van der Waals surface area contributed by atoms with E-state index in [1.165, 1.54) is 12.8 Å². The quantitative estimate of drug-likeness (QED) is 0.753. The van der Waals surface area contributed by atoms with Crippen LogP contribution >= 0.6 is 0 Å². The third-order valence-corrected chi connectivity index (χ3v) is 3.31. The number of esters is 1. The van der Waals surface area contributed by atoms with Crippen LogP contribution in [-0.2, 0) is 23.1 Å². The van der Waals surface area contributed by atoms with Crippen molar-refractivity contribution in [3.63, 3.8) is 0 Å². The summed E-state index contributed by atoms with van der Waals surface area (Å²) in [5.41, 5.74) is 1.30. The molecule has 0 N–H and O–H groups in total. The van der Waals surface area contributed by atoms with Gasteiger partial charge in [0.1, 0.15) is 5.56 Å². The first-order valence-corrected chi connectivity index (χ1v) is 6.52. The van der Waals surface area contributed by atoms with Crippen LogP contribution < -0.4 is 0 Å². The van der Waals surface area contributed by atoms with Crippen molar-refractivity contribution < 1.29 is 14.3 Å².